The number of halogens is 4. The molecule has 98 valence electrons. The molecule has 7 heteroatoms. The number of hydrogen-bond donors (Lipinski definition) is 0. The average molecular weight is 415 g/mol. The van der Waals surface area contributed by atoms with Crippen LogP contribution in [-0.4, -0.2) is 0 Å². The topological polar surface area (TPSA) is 18.5 Å². The summed E-state index contributed by atoms with van der Waals surface area (Å²) < 4.78 is 11.1. The Balaban J connectivity index is 2.00. The molecule has 2 rings (SSSR count). The second-order valence-corrected chi connectivity index (χ2v) is 6.37. The number of rotatable bonds is 4. The van der Waals surface area contributed by atoms with Crippen LogP contribution in [0.5, 0.6) is 11.5 Å². The van der Waals surface area contributed by atoms with Crippen LogP contribution in [0.1, 0.15) is 0 Å². The Morgan fingerprint density at radius 3 is 1.53 bits per heavy atom. The van der Waals surface area contributed by atoms with Crippen molar-refractivity contribution in [3.63, 3.8) is 0 Å². The molecule has 0 aliphatic rings. The van der Waals surface area contributed by atoms with Gasteiger partial charge in [0.2, 0.25) is 0 Å². The number of hydrogen-bond acceptors (Lipinski definition) is 2. The van der Waals surface area contributed by atoms with Crippen molar-refractivity contribution in [2.45, 2.75) is 0 Å². The van der Waals surface area contributed by atoms with Crippen LogP contribution in [0.15, 0.2) is 36.4 Å². The van der Waals surface area contributed by atoms with E-state index in [1.807, 2.05) is 0 Å². The Hall–Kier alpha value is 0.0831. The summed E-state index contributed by atoms with van der Waals surface area (Å²) in [7, 11) is 0. The quantitative estimate of drug-likeness (QED) is 0.641. The molecule has 0 aromatic heterocycles. The molecule has 2 aromatic carbocycles. The van der Waals surface area contributed by atoms with E-state index in [1.54, 1.807) is 36.4 Å². The molecule has 0 atom stereocenters. The summed E-state index contributed by atoms with van der Waals surface area (Å²) >= 11 is 22.1. The fourth-order valence-electron chi connectivity index (χ4n) is 1.24. The van der Waals surface area contributed by atoms with E-state index in [0.29, 0.717) is 31.6 Å². The van der Waals surface area contributed by atoms with Crippen molar-refractivity contribution in [1.82, 2.24) is 0 Å². The first-order valence-corrected chi connectivity index (χ1v) is 8.58. The Morgan fingerprint density at radius 1 is 0.684 bits per heavy atom. The van der Waals surface area contributed by atoms with E-state index >= 15 is 0 Å². The van der Waals surface area contributed by atoms with E-state index in [2.05, 4.69) is 0 Å². The van der Waals surface area contributed by atoms with Gasteiger partial charge in [-0.15, -0.1) is 0 Å². The van der Waals surface area contributed by atoms with E-state index in [-0.39, 0.29) is 0 Å². The molecule has 19 heavy (non-hydrogen) atoms. The standard InChI is InChI=1S/2C6H4Cl2O.Zr/c2*7-4-2-1-3-5(9)6(4)8;/h2*1-3,9H;/q;;+2/p-2. The molecule has 0 N–H and O–H groups in total. The van der Waals surface area contributed by atoms with Crippen LogP contribution in [0.3, 0.4) is 0 Å². The summed E-state index contributed by atoms with van der Waals surface area (Å²) in [6.07, 6.45) is 0. The van der Waals surface area contributed by atoms with E-state index in [1.165, 1.54) is 0 Å². The van der Waals surface area contributed by atoms with Crippen molar-refractivity contribution in [3.8, 4) is 11.5 Å². The van der Waals surface area contributed by atoms with E-state index in [0.717, 1.165) is 0 Å². The third kappa shape index (κ3) is 4.03. The van der Waals surface area contributed by atoms with E-state index in [9.17, 15) is 0 Å². The van der Waals surface area contributed by atoms with Gasteiger partial charge in [-0.25, -0.2) is 0 Å². The molecule has 0 aliphatic carbocycles. The normalized spacial score (nSPS) is 10.1. The zero-order valence-electron chi connectivity index (χ0n) is 9.29. The van der Waals surface area contributed by atoms with Gasteiger partial charge in [-0.1, -0.05) is 0 Å². The monoisotopic (exact) mass is 412 g/mol. The summed E-state index contributed by atoms with van der Waals surface area (Å²) in [5.41, 5.74) is 0. The molecule has 0 spiro atoms. The van der Waals surface area contributed by atoms with Gasteiger partial charge in [-0.3, -0.25) is 0 Å². The summed E-state index contributed by atoms with van der Waals surface area (Å²) in [6, 6.07) is 10.4. The van der Waals surface area contributed by atoms with Gasteiger partial charge in [0.05, 0.1) is 0 Å². The van der Waals surface area contributed by atoms with Crippen molar-refractivity contribution in [1.29, 1.82) is 0 Å². The second kappa shape index (κ2) is 7.19. The Bertz CT molecular complexity index is 540. The molecule has 0 fully saturated rings. The molecular formula is C12H6Cl4O2Zr. The molecule has 2 aromatic rings. The maximum atomic E-state index is 6.00. The third-order valence-electron chi connectivity index (χ3n) is 2.14. The molecule has 0 saturated heterocycles. The van der Waals surface area contributed by atoms with Crippen LogP contribution in [0, 0.1) is 0 Å². The molecular weight excluding hydrogens is 409 g/mol. The Morgan fingerprint density at radius 2 is 1.11 bits per heavy atom. The van der Waals surface area contributed by atoms with Gasteiger partial charge in [-0.05, 0) is 0 Å². The molecule has 0 aliphatic heterocycles. The fourth-order valence-corrected chi connectivity index (χ4v) is 3.60. The minimum absolute atomic E-state index is 0.380. The first kappa shape index (κ1) is 15.5. The Kier molecular flexibility index (Phi) is 5.86. The van der Waals surface area contributed by atoms with Crippen LogP contribution < -0.4 is 5.63 Å². The van der Waals surface area contributed by atoms with Crippen LogP contribution in [0.2, 0.25) is 20.1 Å². The van der Waals surface area contributed by atoms with Gasteiger partial charge in [-0.2, -0.15) is 0 Å². The maximum absolute atomic E-state index is 6.00. The predicted octanol–water partition coefficient (Wildman–Crippen LogP) is 5.67. The summed E-state index contributed by atoms with van der Waals surface area (Å²) in [5, 5.41) is 1.65. The SMILES string of the molecule is Clc1cccc([O][Zr][O]c2cccc(Cl)c2Cl)c1Cl. The fraction of sp³-hybridized carbons (Fsp3) is 0. The van der Waals surface area contributed by atoms with Crippen molar-refractivity contribution < 1.29 is 29.7 Å². The summed E-state index contributed by atoms with van der Waals surface area (Å²) in [6.45, 7) is 0. The van der Waals surface area contributed by atoms with Gasteiger partial charge in [0.25, 0.3) is 0 Å². The van der Waals surface area contributed by atoms with Crippen molar-refractivity contribution in [2.24, 2.45) is 0 Å². The predicted molar refractivity (Wildman–Crippen MR) is 74.2 cm³/mol. The third-order valence-corrected chi connectivity index (χ3v) is 5.23. The molecule has 2 nitrogen and oxygen atoms in total. The molecule has 0 unspecified atom stereocenters. The van der Waals surface area contributed by atoms with Crippen molar-refractivity contribution in [3.05, 3.63) is 56.5 Å². The first-order valence-electron chi connectivity index (χ1n) is 5.06. The molecule has 0 bridgehead atoms. The van der Waals surface area contributed by atoms with Crippen LogP contribution in [-0.2, 0) is 24.1 Å². The van der Waals surface area contributed by atoms with Gasteiger partial charge in [0, 0.05) is 0 Å². The first-order chi connectivity index (χ1) is 9.09. The van der Waals surface area contributed by atoms with E-state index in [4.69, 9.17) is 52.0 Å². The zero-order chi connectivity index (χ0) is 13.8. The molecule has 0 amide bonds. The Labute approximate surface area is 143 Å². The molecule has 0 saturated carbocycles. The molecule has 0 radical (unpaired) electrons. The van der Waals surface area contributed by atoms with Gasteiger partial charge < -0.3 is 0 Å². The van der Waals surface area contributed by atoms with Crippen molar-refractivity contribution in [2.75, 3.05) is 0 Å². The van der Waals surface area contributed by atoms with Crippen LogP contribution in [0.25, 0.3) is 0 Å². The molecule has 0 heterocycles. The number of benzene rings is 2. The van der Waals surface area contributed by atoms with Gasteiger partial charge >= 0.3 is 144 Å². The van der Waals surface area contributed by atoms with Crippen LogP contribution in [0.4, 0.5) is 0 Å². The van der Waals surface area contributed by atoms with Gasteiger partial charge in [0.15, 0.2) is 0 Å². The minimum atomic E-state index is -1.64. The summed E-state index contributed by atoms with van der Waals surface area (Å²) in [5.74, 6) is 1.03. The van der Waals surface area contributed by atoms with Crippen LogP contribution >= 0.6 is 46.4 Å². The van der Waals surface area contributed by atoms with E-state index < -0.39 is 24.1 Å². The van der Waals surface area contributed by atoms with Crippen molar-refractivity contribution >= 4 is 46.4 Å². The zero-order valence-corrected chi connectivity index (χ0v) is 14.8. The van der Waals surface area contributed by atoms with Gasteiger partial charge in [0.1, 0.15) is 0 Å². The second-order valence-electron chi connectivity index (χ2n) is 3.39. The average Bonchev–Trinajstić information content (AvgIpc) is 2.39. The summed E-state index contributed by atoms with van der Waals surface area (Å²) in [4.78, 5) is 0.